The van der Waals surface area contributed by atoms with Crippen molar-refractivity contribution in [2.24, 2.45) is 0 Å². The lowest BCUT2D eigenvalue weighted by Crippen LogP contribution is -2.24. The largest absolute Gasteiger partial charge is 0.322 e. The van der Waals surface area contributed by atoms with Crippen molar-refractivity contribution in [3.63, 3.8) is 0 Å². The van der Waals surface area contributed by atoms with Crippen LogP contribution in [0.1, 0.15) is 21.5 Å². The number of nitrogens with zero attached hydrogens (tertiary/aromatic N) is 1. The Morgan fingerprint density at radius 3 is 2.38 bits per heavy atom. The Hall–Kier alpha value is -1.70. The van der Waals surface area contributed by atoms with Gasteiger partial charge in [0, 0.05) is 29.8 Å². The Balaban J connectivity index is 2.45. The van der Waals surface area contributed by atoms with Gasteiger partial charge in [0.15, 0.2) is 0 Å². The summed E-state index contributed by atoms with van der Waals surface area (Å²) in [5.41, 5.74) is 2.32. The molecule has 7 heteroatoms. The van der Waals surface area contributed by atoms with Crippen molar-refractivity contribution in [1.29, 1.82) is 0 Å². The lowest BCUT2D eigenvalue weighted by Gasteiger charge is -2.16. The topological polar surface area (TPSA) is 66.5 Å². The summed E-state index contributed by atoms with van der Waals surface area (Å²) in [6.07, 6.45) is 0. The molecule has 0 spiro atoms. The van der Waals surface area contributed by atoms with Crippen molar-refractivity contribution in [3.8, 4) is 0 Å². The fraction of sp³-hybridized carbons (Fsp3) is 0.235. The standard InChI is InChI=1S/C17H19BrN2O3S/c1-11-8-13(9-16(12(11)2)24(22,23)20(3)4)17(21)19-15-7-5-6-14(18)10-15/h5-10H,1-4H3,(H,19,21). The number of sulfonamides is 1. The number of halogens is 1. The molecular formula is C17H19BrN2O3S. The van der Waals surface area contributed by atoms with E-state index in [1.165, 1.54) is 20.2 Å². The van der Waals surface area contributed by atoms with Gasteiger partial charge in [0.1, 0.15) is 0 Å². The van der Waals surface area contributed by atoms with Crippen LogP contribution in [0.2, 0.25) is 0 Å². The van der Waals surface area contributed by atoms with E-state index < -0.39 is 10.0 Å². The first-order valence-electron chi connectivity index (χ1n) is 7.23. The molecule has 1 N–H and O–H groups in total. The Labute approximate surface area is 150 Å². The minimum atomic E-state index is -3.62. The molecule has 0 heterocycles. The SMILES string of the molecule is Cc1cc(C(=O)Nc2cccc(Br)c2)cc(S(=O)(=O)N(C)C)c1C. The molecule has 0 saturated heterocycles. The molecule has 0 aliphatic heterocycles. The number of nitrogens with one attached hydrogen (secondary N) is 1. The Bertz CT molecular complexity index is 893. The van der Waals surface area contributed by atoms with Crippen molar-refractivity contribution in [3.05, 3.63) is 57.6 Å². The molecule has 0 aliphatic carbocycles. The van der Waals surface area contributed by atoms with Gasteiger partial charge in [0.05, 0.1) is 4.90 Å². The molecule has 0 aromatic heterocycles. The van der Waals surface area contributed by atoms with E-state index in [1.807, 2.05) is 12.1 Å². The molecule has 24 heavy (non-hydrogen) atoms. The van der Waals surface area contributed by atoms with Crippen molar-refractivity contribution < 1.29 is 13.2 Å². The molecule has 2 aromatic rings. The molecular weight excluding hydrogens is 392 g/mol. The number of hydrogen-bond donors (Lipinski definition) is 1. The summed E-state index contributed by atoms with van der Waals surface area (Å²) in [6, 6.07) is 10.3. The van der Waals surface area contributed by atoms with Crippen LogP contribution in [0, 0.1) is 13.8 Å². The summed E-state index contributed by atoms with van der Waals surface area (Å²) in [4.78, 5) is 12.6. The average molecular weight is 411 g/mol. The van der Waals surface area contributed by atoms with Crippen LogP contribution >= 0.6 is 15.9 Å². The summed E-state index contributed by atoms with van der Waals surface area (Å²) in [6.45, 7) is 3.53. The molecule has 128 valence electrons. The van der Waals surface area contributed by atoms with Gasteiger partial charge in [-0.3, -0.25) is 4.79 Å². The van der Waals surface area contributed by atoms with Gasteiger partial charge in [-0.2, -0.15) is 0 Å². The molecule has 0 unspecified atom stereocenters. The molecule has 2 aromatic carbocycles. The number of anilines is 1. The number of rotatable bonds is 4. The summed E-state index contributed by atoms with van der Waals surface area (Å²) < 4.78 is 26.9. The first kappa shape index (κ1) is 18.6. The number of carbonyl (C=O) groups excluding carboxylic acids is 1. The minimum Gasteiger partial charge on any atom is -0.322 e. The van der Waals surface area contributed by atoms with E-state index in [4.69, 9.17) is 0 Å². The van der Waals surface area contributed by atoms with E-state index in [0.29, 0.717) is 16.8 Å². The molecule has 0 fully saturated rings. The molecule has 5 nitrogen and oxygen atoms in total. The van der Waals surface area contributed by atoms with Crippen LogP contribution in [0.15, 0.2) is 45.8 Å². The van der Waals surface area contributed by atoms with E-state index in [-0.39, 0.29) is 10.8 Å². The molecule has 0 radical (unpaired) electrons. The highest BCUT2D eigenvalue weighted by molar-refractivity contribution is 9.10. The Morgan fingerprint density at radius 1 is 1.12 bits per heavy atom. The minimum absolute atomic E-state index is 0.145. The van der Waals surface area contributed by atoms with Gasteiger partial charge in [-0.15, -0.1) is 0 Å². The first-order valence-corrected chi connectivity index (χ1v) is 9.47. The predicted molar refractivity (Wildman–Crippen MR) is 98.9 cm³/mol. The van der Waals surface area contributed by atoms with Gasteiger partial charge in [-0.1, -0.05) is 22.0 Å². The van der Waals surface area contributed by atoms with Gasteiger partial charge < -0.3 is 5.32 Å². The highest BCUT2D eigenvalue weighted by Gasteiger charge is 2.23. The third-order valence-electron chi connectivity index (χ3n) is 3.72. The van der Waals surface area contributed by atoms with E-state index in [0.717, 1.165) is 14.3 Å². The summed E-state index contributed by atoms with van der Waals surface area (Å²) in [5.74, 6) is -0.355. The van der Waals surface area contributed by atoms with Gasteiger partial charge in [-0.25, -0.2) is 12.7 Å². The van der Waals surface area contributed by atoms with Crippen LogP contribution in [0.3, 0.4) is 0 Å². The van der Waals surface area contributed by atoms with Crippen molar-refractivity contribution in [2.75, 3.05) is 19.4 Å². The maximum absolute atomic E-state index is 12.5. The number of benzene rings is 2. The van der Waals surface area contributed by atoms with E-state index >= 15 is 0 Å². The van der Waals surface area contributed by atoms with Gasteiger partial charge in [0.2, 0.25) is 10.0 Å². The lowest BCUT2D eigenvalue weighted by atomic mass is 10.1. The van der Waals surface area contributed by atoms with Gasteiger partial charge in [0.25, 0.3) is 5.91 Å². The Kier molecular flexibility index (Phi) is 5.47. The van der Waals surface area contributed by atoms with E-state index in [2.05, 4.69) is 21.2 Å². The van der Waals surface area contributed by atoms with Crippen LogP contribution in [-0.2, 0) is 10.0 Å². The monoisotopic (exact) mass is 410 g/mol. The fourth-order valence-electron chi connectivity index (χ4n) is 2.19. The quantitative estimate of drug-likeness (QED) is 0.837. The molecule has 0 atom stereocenters. The maximum atomic E-state index is 12.5. The highest BCUT2D eigenvalue weighted by atomic mass is 79.9. The van der Waals surface area contributed by atoms with E-state index in [9.17, 15) is 13.2 Å². The summed E-state index contributed by atoms with van der Waals surface area (Å²) in [5, 5.41) is 2.78. The van der Waals surface area contributed by atoms with Gasteiger partial charge >= 0.3 is 0 Å². The first-order chi connectivity index (χ1) is 11.1. The summed E-state index contributed by atoms with van der Waals surface area (Å²) in [7, 11) is -0.679. The second-order valence-electron chi connectivity index (χ2n) is 5.67. The van der Waals surface area contributed by atoms with E-state index in [1.54, 1.807) is 32.0 Å². The van der Waals surface area contributed by atoms with Gasteiger partial charge in [-0.05, 0) is 55.3 Å². The second-order valence-corrected chi connectivity index (χ2v) is 8.70. The predicted octanol–water partition coefficient (Wildman–Crippen LogP) is 3.57. The summed E-state index contributed by atoms with van der Waals surface area (Å²) >= 11 is 3.35. The van der Waals surface area contributed by atoms with Crippen LogP contribution in [-0.4, -0.2) is 32.7 Å². The molecule has 0 saturated carbocycles. The van der Waals surface area contributed by atoms with Crippen LogP contribution in [0.5, 0.6) is 0 Å². The molecule has 1 amide bonds. The molecule has 0 bridgehead atoms. The number of aryl methyl sites for hydroxylation is 1. The highest BCUT2D eigenvalue weighted by Crippen LogP contribution is 2.24. The maximum Gasteiger partial charge on any atom is 0.255 e. The number of hydrogen-bond acceptors (Lipinski definition) is 3. The molecule has 0 aliphatic rings. The average Bonchev–Trinajstić information content (AvgIpc) is 2.49. The Morgan fingerprint density at radius 2 is 1.79 bits per heavy atom. The smallest absolute Gasteiger partial charge is 0.255 e. The number of carbonyl (C=O) groups is 1. The third-order valence-corrected chi connectivity index (χ3v) is 6.16. The zero-order chi connectivity index (χ0) is 18.1. The number of amides is 1. The zero-order valence-electron chi connectivity index (χ0n) is 13.9. The third kappa shape index (κ3) is 3.85. The van der Waals surface area contributed by atoms with Crippen molar-refractivity contribution in [2.45, 2.75) is 18.7 Å². The van der Waals surface area contributed by atoms with Crippen LogP contribution in [0.25, 0.3) is 0 Å². The molecule has 2 rings (SSSR count). The second kappa shape index (κ2) is 7.04. The van der Waals surface area contributed by atoms with Crippen LogP contribution < -0.4 is 5.32 Å². The zero-order valence-corrected chi connectivity index (χ0v) is 16.3. The van der Waals surface area contributed by atoms with Crippen LogP contribution in [0.4, 0.5) is 5.69 Å². The van der Waals surface area contributed by atoms with Crippen molar-refractivity contribution >= 4 is 37.5 Å². The normalized spacial score (nSPS) is 11.6. The lowest BCUT2D eigenvalue weighted by molar-refractivity contribution is 0.102. The fourth-order valence-corrected chi connectivity index (χ4v) is 3.81. The van der Waals surface area contributed by atoms with Crippen molar-refractivity contribution in [1.82, 2.24) is 4.31 Å².